The second kappa shape index (κ2) is 10.7. The van der Waals surface area contributed by atoms with Crippen LogP contribution in [0, 0.1) is 0 Å². The highest BCUT2D eigenvalue weighted by molar-refractivity contribution is 5.86. The van der Waals surface area contributed by atoms with E-state index in [0.29, 0.717) is 49.7 Å². The Morgan fingerprint density at radius 1 is 0.944 bits per heavy atom. The van der Waals surface area contributed by atoms with E-state index in [4.69, 9.17) is 9.15 Å². The minimum absolute atomic E-state index is 0.103. The lowest BCUT2D eigenvalue weighted by Crippen LogP contribution is -2.37. The smallest absolute Gasteiger partial charge is 0.250 e. The number of ether oxygens (including phenoxy) is 1. The summed E-state index contributed by atoms with van der Waals surface area (Å²) in [5.41, 5.74) is 4.53. The van der Waals surface area contributed by atoms with Crippen molar-refractivity contribution in [3.63, 3.8) is 0 Å². The van der Waals surface area contributed by atoms with Gasteiger partial charge in [0.15, 0.2) is 0 Å². The molecule has 5 rings (SSSR count). The number of nitrogens with zero attached hydrogens (tertiary/aromatic N) is 5. The maximum Gasteiger partial charge on any atom is 0.250 e. The molecule has 1 aliphatic rings. The number of morpholine rings is 1. The van der Waals surface area contributed by atoms with E-state index in [2.05, 4.69) is 30.8 Å². The van der Waals surface area contributed by atoms with Crippen LogP contribution in [0.4, 0.5) is 23.5 Å². The number of carbonyl (C=O) groups excluding carboxylic acids is 1. The van der Waals surface area contributed by atoms with Gasteiger partial charge in [0.25, 0.3) is 0 Å². The fourth-order valence-corrected chi connectivity index (χ4v) is 3.53. The molecule has 1 saturated heterocycles. The molecule has 0 atom stereocenters. The van der Waals surface area contributed by atoms with Crippen molar-refractivity contribution in [1.29, 1.82) is 0 Å². The lowest BCUT2D eigenvalue weighted by molar-refractivity contribution is -0.255. The molecule has 0 radical (unpaired) electrons. The fourth-order valence-electron chi connectivity index (χ4n) is 3.53. The number of benzene rings is 2. The predicted octanol–water partition coefficient (Wildman–Crippen LogP) is 2.52. The van der Waals surface area contributed by atoms with E-state index >= 15 is 0 Å². The molecular weight excluding hydrogens is 462 g/mol. The number of carboxylic acid groups (broad SMARTS) is 1. The van der Waals surface area contributed by atoms with E-state index < -0.39 is 5.97 Å². The number of aromatic carboxylic acids is 1. The summed E-state index contributed by atoms with van der Waals surface area (Å²) < 4.78 is 11.2. The zero-order chi connectivity index (χ0) is 24.7. The SMILES string of the molecule is O=C([O-])c1ccc(-c2ccc(/C=N/Nc3nc(Nc4ccccc4)nc(N4CCOCC4)n3)o2)cc1. The van der Waals surface area contributed by atoms with Gasteiger partial charge in [-0.2, -0.15) is 20.1 Å². The third kappa shape index (κ3) is 5.65. The van der Waals surface area contributed by atoms with Gasteiger partial charge in [0.05, 0.1) is 25.4 Å². The van der Waals surface area contributed by atoms with Crippen molar-refractivity contribution in [2.75, 3.05) is 41.9 Å². The first kappa shape index (κ1) is 23.0. The lowest BCUT2D eigenvalue weighted by Gasteiger charge is -2.27. The fraction of sp³-hybridized carbons (Fsp3) is 0.160. The summed E-state index contributed by atoms with van der Waals surface area (Å²) in [6.45, 7) is 2.56. The molecule has 0 saturated carbocycles. The zero-order valence-electron chi connectivity index (χ0n) is 19.1. The summed E-state index contributed by atoms with van der Waals surface area (Å²) in [6.07, 6.45) is 1.50. The second-order valence-electron chi connectivity index (χ2n) is 7.81. The summed E-state index contributed by atoms with van der Waals surface area (Å²) in [5, 5.41) is 18.3. The average molecular weight is 484 g/mol. The number of rotatable bonds is 8. The van der Waals surface area contributed by atoms with Crippen LogP contribution in [0.1, 0.15) is 16.1 Å². The number of para-hydroxylation sites is 1. The molecule has 2 N–H and O–H groups in total. The van der Waals surface area contributed by atoms with Crippen molar-refractivity contribution >= 4 is 35.7 Å². The van der Waals surface area contributed by atoms with Gasteiger partial charge in [0.1, 0.15) is 11.5 Å². The number of hydrazone groups is 1. The Bertz CT molecular complexity index is 1350. The maximum absolute atomic E-state index is 10.9. The first-order valence-corrected chi connectivity index (χ1v) is 11.3. The number of anilines is 4. The van der Waals surface area contributed by atoms with Crippen molar-refractivity contribution < 1.29 is 19.1 Å². The molecular formula is C25H22N7O4-. The van der Waals surface area contributed by atoms with Gasteiger partial charge in [0.2, 0.25) is 17.8 Å². The Balaban J connectivity index is 1.31. The van der Waals surface area contributed by atoms with Crippen LogP contribution in [0.25, 0.3) is 11.3 Å². The van der Waals surface area contributed by atoms with Crippen molar-refractivity contribution in [2.24, 2.45) is 5.10 Å². The van der Waals surface area contributed by atoms with Gasteiger partial charge in [-0.25, -0.2) is 5.43 Å². The summed E-state index contributed by atoms with van der Waals surface area (Å²) >= 11 is 0. The van der Waals surface area contributed by atoms with Crippen LogP contribution in [0.15, 0.2) is 76.2 Å². The van der Waals surface area contributed by atoms with Crippen molar-refractivity contribution in [2.45, 2.75) is 0 Å². The Labute approximate surface area is 206 Å². The van der Waals surface area contributed by atoms with Gasteiger partial charge in [-0.15, -0.1) is 0 Å². The van der Waals surface area contributed by atoms with Gasteiger partial charge in [0, 0.05) is 24.3 Å². The number of nitrogens with one attached hydrogen (secondary N) is 2. The molecule has 0 bridgehead atoms. The van der Waals surface area contributed by atoms with Crippen LogP contribution < -0.4 is 20.7 Å². The lowest BCUT2D eigenvalue weighted by atomic mass is 10.1. The monoisotopic (exact) mass is 484 g/mol. The molecule has 0 aliphatic carbocycles. The Morgan fingerprint density at radius 3 is 2.44 bits per heavy atom. The first-order chi connectivity index (χ1) is 17.6. The normalized spacial score (nSPS) is 13.6. The number of aromatic nitrogens is 3. The largest absolute Gasteiger partial charge is 0.545 e. The third-order valence-electron chi connectivity index (χ3n) is 5.34. The number of carbonyl (C=O) groups is 1. The molecule has 11 nitrogen and oxygen atoms in total. The Hall–Kier alpha value is -4.77. The molecule has 3 heterocycles. The molecule has 2 aromatic carbocycles. The van der Waals surface area contributed by atoms with Crippen LogP contribution in [-0.4, -0.2) is 53.4 Å². The third-order valence-corrected chi connectivity index (χ3v) is 5.34. The van der Waals surface area contributed by atoms with Gasteiger partial charge in [-0.05, 0) is 29.8 Å². The topological polar surface area (TPSA) is 141 Å². The van der Waals surface area contributed by atoms with E-state index in [0.717, 1.165) is 11.3 Å². The Kier molecular flexibility index (Phi) is 6.81. The van der Waals surface area contributed by atoms with Gasteiger partial charge in [-0.3, -0.25) is 0 Å². The summed E-state index contributed by atoms with van der Waals surface area (Å²) in [6, 6.07) is 19.4. The minimum atomic E-state index is -1.22. The molecule has 2 aromatic heterocycles. The van der Waals surface area contributed by atoms with Gasteiger partial charge >= 0.3 is 0 Å². The van der Waals surface area contributed by atoms with Crippen LogP contribution in [0.5, 0.6) is 0 Å². The van der Waals surface area contributed by atoms with Crippen molar-refractivity contribution in [3.05, 3.63) is 78.1 Å². The second-order valence-corrected chi connectivity index (χ2v) is 7.81. The van der Waals surface area contributed by atoms with Crippen molar-refractivity contribution in [3.8, 4) is 11.3 Å². The standard InChI is InChI=1S/C25H23N7O4/c33-22(34)18-8-6-17(7-9-18)21-11-10-20(36-21)16-26-31-24-28-23(27-19-4-2-1-3-5-19)29-25(30-24)32-12-14-35-15-13-32/h1-11,16H,12-15H2,(H,33,34)(H2,27,28,29,30,31)/p-1/b26-16+. The molecule has 1 aliphatic heterocycles. The molecule has 0 unspecified atom stereocenters. The molecule has 36 heavy (non-hydrogen) atoms. The van der Waals surface area contributed by atoms with Crippen LogP contribution >= 0.6 is 0 Å². The van der Waals surface area contributed by atoms with E-state index in [-0.39, 0.29) is 11.5 Å². The summed E-state index contributed by atoms with van der Waals surface area (Å²) in [7, 11) is 0. The van der Waals surface area contributed by atoms with E-state index in [1.807, 2.05) is 35.2 Å². The zero-order valence-corrected chi connectivity index (χ0v) is 19.1. The van der Waals surface area contributed by atoms with Gasteiger partial charge < -0.3 is 29.3 Å². The van der Waals surface area contributed by atoms with Crippen LogP contribution in [0.3, 0.4) is 0 Å². The highest BCUT2D eigenvalue weighted by atomic mass is 16.5. The number of hydrogen-bond acceptors (Lipinski definition) is 11. The molecule has 4 aromatic rings. The molecule has 0 amide bonds. The van der Waals surface area contributed by atoms with Gasteiger partial charge in [-0.1, -0.05) is 42.5 Å². The maximum atomic E-state index is 10.9. The predicted molar refractivity (Wildman–Crippen MR) is 132 cm³/mol. The van der Waals surface area contributed by atoms with E-state index in [9.17, 15) is 9.90 Å². The first-order valence-electron chi connectivity index (χ1n) is 11.3. The summed E-state index contributed by atoms with van der Waals surface area (Å²) in [4.78, 5) is 26.4. The number of carboxylic acids is 1. The Morgan fingerprint density at radius 2 is 1.69 bits per heavy atom. The highest BCUT2D eigenvalue weighted by Gasteiger charge is 2.16. The van der Waals surface area contributed by atoms with E-state index in [1.165, 1.54) is 18.3 Å². The molecule has 182 valence electrons. The quantitative estimate of drug-likeness (QED) is 0.283. The average Bonchev–Trinajstić information content (AvgIpc) is 3.39. The van der Waals surface area contributed by atoms with E-state index in [1.54, 1.807) is 24.3 Å². The number of hydrogen-bond donors (Lipinski definition) is 2. The number of furan rings is 1. The highest BCUT2D eigenvalue weighted by Crippen LogP contribution is 2.22. The van der Waals surface area contributed by atoms with Crippen molar-refractivity contribution in [1.82, 2.24) is 15.0 Å². The molecule has 0 spiro atoms. The summed E-state index contributed by atoms with van der Waals surface area (Å²) in [5.74, 6) is 1.01. The molecule has 1 fully saturated rings. The molecule has 11 heteroatoms. The van der Waals surface area contributed by atoms with Crippen LogP contribution in [-0.2, 0) is 4.74 Å². The van der Waals surface area contributed by atoms with Crippen LogP contribution in [0.2, 0.25) is 0 Å². The minimum Gasteiger partial charge on any atom is -0.545 e.